The highest BCUT2D eigenvalue weighted by atomic mass is 32.2. The summed E-state index contributed by atoms with van der Waals surface area (Å²) in [5.74, 6) is -1.57. The molecule has 0 aliphatic carbocycles. The van der Waals surface area contributed by atoms with Gasteiger partial charge in [0.15, 0.2) is 5.03 Å². The van der Waals surface area contributed by atoms with Gasteiger partial charge < -0.3 is 4.90 Å². The Balaban J connectivity index is 1.97. The van der Waals surface area contributed by atoms with Gasteiger partial charge in [0.25, 0.3) is 9.84 Å². The van der Waals surface area contributed by atoms with Gasteiger partial charge in [0.05, 0.1) is 17.6 Å². The van der Waals surface area contributed by atoms with Gasteiger partial charge in [-0.15, -0.1) is 0 Å². The molecule has 0 spiro atoms. The fourth-order valence-electron chi connectivity index (χ4n) is 3.45. The van der Waals surface area contributed by atoms with Gasteiger partial charge in [-0.3, -0.25) is 4.98 Å². The summed E-state index contributed by atoms with van der Waals surface area (Å²) in [5.41, 5.74) is -5.36. The van der Waals surface area contributed by atoms with Gasteiger partial charge in [-0.1, -0.05) is 0 Å². The van der Waals surface area contributed by atoms with E-state index in [1.54, 1.807) is 0 Å². The van der Waals surface area contributed by atoms with E-state index in [0.29, 0.717) is 24.5 Å². The van der Waals surface area contributed by atoms with Crippen LogP contribution in [0.25, 0.3) is 10.9 Å². The molecule has 0 atom stereocenters. The number of anilines is 2. The predicted molar refractivity (Wildman–Crippen MR) is 94.5 cm³/mol. The third kappa shape index (κ3) is 3.09. The molecule has 0 N–H and O–H groups in total. The molecule has 0 amide bonds. The molecule has 29 heavy (non-hydrogen) atoms. The van der Waals surface area contributed by atoms with Crippen LogP contribution in [-0.2, 0) is 16.3 Å². The molecule has 11 heteroatoms. The minimum atomic E-state index is -5.74. The highest BCUT2D eigenvalue weighted by molar-refractivity contribution is 7.92. The van der Waals surface area contributed by atoms with Crippen LogP contribution in [0.1, 0.15) is 12.0 Å². The molecule has 0 bridgehead atoms. The Morgan fingerprint density at radius 1 is 1.10 bits per heavy atom. The van der Waals surface area contributed by atoms with Crippen molar-refractivity contribution in [3.8, 4) is 0 Å². The molecule has 3 aromatic rings. The normalized spacial score (nSPS) is 14.9. The summed E-state index contributed by atoms with van der Waals surface area (Å²) in [7, 11) is -5.74. The number of alkyl halides is 3. The van der Waals surface area contributed by atoms with Crippen molar-refractivity contribution in [1.29, 1.82) is 0 Å². The first-order valence-electron chi connectivity index (χ1n) is 8.42. The van der Waals surface area contributed by atoms with Gasteiger partial charge in [-0.25, -0.2) is 22.2 Å². The molecular weight excluding hydrogens is 417 g/mol. The second-order valence-electron chi connectivity index (χ2n) is 6.45. The zero-order valence-corrected chi connectivity index (χ0v) is 15.4. The highest BCUT2D eigenvalue weighted by Gasteiger charge is 2.49. The predicted octanol–water partition coefficient (Wildman–Crippen LogP) is 4.29. The van der Waals surface area contributed by atoms with E-state index in [4.69, 9.17) is 0 Å². The minimum absolute atomic E-state index is 0.0573. The van der Waals surface area contributed by atoms with Crippen molar-refractivity contribution >= 4 is 32.1 Å². The number of pyridine rings is 2. The zero-order chi connectivity index (χ0) is 21.0. The first-order valence-corrected chi connectivity index (χ1v) is 9.90. The van der Waals surface area contributed by atoms with E-state index in [2.05, 4.69) is 9.97 Å². The van der Waals surface area contributed by atoms with Crippen molar-refractivity contribution in [3.05, 3.63) is 53.9 Å². The monoisotopic (exact) mass is 429 g/mol. The topological polar surface area (TPSA) is 63.2 Å². The maximum absolute atomic E-state index is 14.5. The molecular formula is C18H12F5N3O2S. The smallest absolute Gasteiger partial charge is 0.337 e. The molecule has 0 fully saturated rings. The van der Waals surface area contributed by atoms with Crippen LogP contribution in [0.15, 0.2) is 41.7 Å². The van der Waals surface area contributed by atoms with E-state index in [1.165, 1.54) is 23.1 Å². The number of halogens is 5. The van der Waals surface area contributed by atoms with Gasteiger partial charge in [0.1, 0.15) is 17.2 Å². The number of rotatable bonds is 2. The van der Waals surface area contributed by atoms with Gasteiger partial charge >= 0.3 is 5.51 Å². The van der Waals surface area contributed by atoms with Crippen molar-refractivity contribution in [2.75, 3.05) is 11.4 Å². The Morgan fingerprint density at radius 3 is 2.59 bits per heavy atom. The first-order chi connectivity index (χ1) is 13.6. The molecule has 0 saturated heterocycles. The van der Waals surface area contributed by atoms with Gasteiger partial charge in [0.2, 0.25) is 0 Å². The number of aromatic nitrogens is 2. The molecule has 1 aromatic carbocycles. The fraction of sp³-hybridized carbons (Fsp3) is 0.222. The number of benzene rings is 1. The number of nitrogens with zero attached hydrogens (tertiary/aromatic N) is 3. The Kier molecular flexibility index (Phi) is 4.45. The van der Waals surface area contributed by atoms with Gasteiger partial charge in [-0.2, -0.15) is 13.2 Å². The summed E-state index contributed by atoms with van der Waals surface area (Å²) in [6.07, 6.45) is 3.04. The van der Waals surface area contributed by atoms with Crippen molar-refractivity contribution in [2.24, 2.45) is 0 Å². The third-order valence-corrected chi connectivity index (χ3v) is 6.06. The largest absolute Gasteiger partial charge is 0.503 e. The van der Waals surface area contributed by atoms with Crippen molar-refractivity contribution in [3.63, 3.8) is 0 Å². The Morgan fingerprint density at radius 2 is 1.86 bits per heavy atom. The third-order valence-electron chi connectivity index (χ3n) is 4.65. The Hall–Kier alpha value is -2.82. The molecule has 0 radical (unpaired) electrons. The van der Waals surface area contributed by atoms with Crippen LogP contribution < -0.4 is 4.90 Å². The average molecular weight is 429 g/mol. The summed E-state index contributed by atoms with van der Waals surface area (Å²) in [5, 5.41) is -1.16. The minimum Gasteiger partial charge on any atom is -0.337 e. The molecule has 0 unspecified atom stereocenters. The number of hydrogen-bond acceptors (Lipinski definition) is 5. The number of fused-ring (bicyclic) bond motifs is 2. The van der Waals surface area contributed by atoms with Crippen LogP contribution in [0.5, 0.6) is 0 Å². The Labute approximate surface area is 161 Å². The molecule has 3 heterocycles. The molecule has 152 valence electrons. The zero-order valence-electron chi connectivity index (χ0n) is 14.5. The van der Waals surface area contributed by atoms with E-state index in [1.807, 2.05) is 0 Å². The second-order valence-corrected chi connectivity index (χ2v) is 8.30. The summed E-state index contributed by atoms with van der Waals surface area (Å²) in [4.78, 5) is 8.77. The maximum Gasteiger partial charge on any atom is 0.503 e. The van der Waals surface area contributed by atoms with Crippen LogP contribution in [-0.4, -0.2) is 30.4 Å². The lowest BCUT2D eigenvalue weighted by molar-refractivity contribution is -0.0437. The molecule has 1 aliphatic heterocycles. The summed E-state index contributed by atoms with van der Waals surface area (Å²) < 4.78 is 91.0. The lowest BCUT2D eigenvalue weighted by atomic mass is 10.00. The van der Waals surface area contributed by atoms with E-state index >= 15 is 0 Å². The molecule has 2 aromatic heterocycles. The number of sulfone groups is 1. The average Bonchev–Trinajstić information content (AvgIpc) is 2.65. The van der Waals surface area contributed by atoms with Crippen LogP contribution in [0, 0.1) is 11.6 Å². The summed E-state index contributed by atoms with van der Waals surface area (Å²) >= 11 is 0. The van der Waals surface area contributed by atoms with Gasteiger partial charge in [0, 0.05) is 24.2 Å². The van der Waals surface area contributed by atoms with Crippen molar-refractivity contribution < 1.29 is 30.4 Å². The number of aryl methyl sites for hydroxylation is 1. The molecule has 0 saturated carbocycles. The lowest BCUT2D eigenvalue weighted by Gasteiger charge is -2.32. The van der Waals surface area contributed by atoms with Crippen LogP contribution in [0.3, 0.4) is 0 Å². The molecule has 4 rings (SSSR count). The van der Waals surface area contributed by atoms with E-state index in [9.17, 15) is 30.4 Å². The number of hydrogen-bond donors (Lipinski definition) is 0. The lowest BCUT2D eigenvalue weighted by Crippen LogP contribution is -2.28. The first kappa shape index (κ1) is 19.5. The maximum atomic E-state index is 14.5. The summed E-state index contributed by atoms with van der Waals surface area (Å²) in [6, 6.07) is 4.71. The van der Waals surface area contributed by atoms with E-state index in [-0.39, 0.29) is 23.3 Å². The van der Waals surface area contributed by atoms with Crippen LogP contribution in [0.4, 0.5) is 33.3 Å². The van der Waals surface area contributed by atoms with Crippen molar-refractivity contribution in [1.82, 2.24) is 9.97 Å². The van der Waals surface area contributed by atoms with Gasteiger partial charge in [-0.05, 0) is 36.6 Å². The van der Waals surface area contributed by atoms with E-state index < -0.39 is 37.5 Å². The Bertz CT molecular complexity index is 1230. The van der Waals surface area contributed by atoms with E-state index in [0.717, 1.165) is 12.4 Å². The summed E-state index contributed by atoms with van der Waals surface area (Å²) in [6.45, 7) is 0.284. The second kappa shape index (κ2) is 6.61. The standard InChI is InChI=1S/C18H12F5N3O2S/c19-11-7-10-3-2-6-26(16(10)13(20)8-11)14-9-25-17(29(27,28)18(21,22)23)15-12(14)4-1-5-24-15/h1,4-5,7-9H,2-3,6H2. The fourth-order valence-corrected chi connectivity index (χ4v) is 4.27. The molecule has 1 aliphatic rings. The quantitative estimate of drug-likeness (QED) is 0.569. The SMILES string of the molecule is O=S(=O)(c1ncc(N2CCCc3cc(F)cc(F)c32)c2cccnc12)C(F)(F)F. The van der Waals surface area contributed by atoms with Crippen LogP contribution >= 0.6 is 0 Å². The highest BCUT2D eigenvalue weighted by Crippen LogP contribution is 2.41. The van der Waals surface area contributed by atoms with Crippen molar-refractivity contribution in [2.45, 2.75) is 23.4 Å². The van der Waals surface area contributed by atoms with Crippen LogP contribution in [0.2, 0.25) is 0 Å². The molecule has 5 nitrogen and oxygen atoms in total.